The molecular weight excluding hydrogens is 364 g/mol. The van der Waals surface area contributed by atoms with Crippen LogP contribution in [0.2, 0.25) is 0 Å². The number of nitrogens with zero attached hydrogens (tertiary/aromatic N) is 1. The van der Waals surface area contributed by atoms with E-state index in [2.05, 4.69) is 59.5 Å². The number of hydrazine groups is 1. The van der Waals surface area contributed by atoms with Gasteiger partial charge in [0.1, 0.15) is 11.8 Å². The lowest BCUT2D eigenvalue weighted by atomic mass is 9.97. The van der Waals surface area contributed by atoms with Gasteiger partial charge in [-0.2, -0.15) is 5.10 Å². The summed E-state index contributed by atoms with van der Waals surface area (Å²) < 4.78 is 5.56. The van der Waals surface area contributed by atoms with Crippen molar-refractivity contribution in [2.75, 3.05) is 6.61 Å². The summed E-state index contributed by atoms with van der Waals surface area (Å²) in [6.07, 6.45) is 3.35. The van der Waals surface area contributed by atoms with Crippen molar-refractivity contribution in [2.45, 2.75) is 45.7 Å². The average molecular weight is 395 g/mol. The molecule has 2 aromatic rings. The van der Waals surface area contributed by atoms with E-state index in [4.69, 9.17) is 4.74 Å². The molecule has 3 N–H and O–H groups in total. The number of ether oxygens (including phenoxy) is 1. The molecule has 6 nitrogen and oxygen atoms in total. The number of carbonyl (C=O) groups excluding carboxylic acids is 1. The van der Waals surface area contributed by atoms with Gasteiger partial charge in [0, 0.05) is 11.6 Å². The zero-order valence-electron chi connectivity index (χ0n) is 17.3. The third-order valence-electron chi connectivity index (χ3n) is 4.84. The summed E-state index contributed by atoms with van der Waals surface area (Å²) in [6.45, 7) is 6.95. The Morgan fingerprint density at radius 1 is 1.21 bits per heavy atom. The van der Waals surface area contributed by atoms with Gasteiger partial charge >= 0.3 is 0 Å². The molecule has 6 heteroatoms. The van der Waals surface area contributed by atoms with Crippen molar-refractivity contribution in [1.29, 1.82) is 0 Å². The Bertz CT molecular complexity index is 833. The average Bonchev–Trinajstić information content (AvgIpc) is 3.20. The fraction of sp³-hybridized carbons (Fsp3) is 0.391. The van der Waals surface area contributed by atoms with Crippen LogP contribution in [0.4, 0.5) is 0 Å². The number of carbonyl (C=O) groups is 1. The summed E-state index contributed by atoms with van der Waals surface area (Å²) >= 11 is 0. The van der Waals surface area contributed by atoms with E-state index < -0.39 is 0 Å². The fourth-order valence-corrected chi connectivity index (χ4v) is 3.42. The minimum atomic E-state index is -0.338. The van der Waals surface area contributed by atoms with Crippen LogP contribution in [0.5, 0.6) is 5.75 Å². The molecule has 29 heavy (non-hydrogen) atoms. The second-order valence-electron chi connectivity index (χ2n) is 7.67. The molecular formula is C23H30N4O2. The number of amides is 1. The standard InChI is InChI=1S/C23H30N4O2/c1-4-29-22-8-6-5-7-19(22)15-24-27-23(28)21-14-20(25-26-21)18-11-9-17(10-12-18)13-16(2)3/h5-12,15-16,20-21,25-26H,4,13-14H2,1-3H3,(H,27,28)/b24-15+. The molecule has 1 aliphatic heterocycles. The van der Waals surface area contributed by atoms with Crippen molar-refractivity contribution < 1.29 is 9.53 Å². The molecule has 0 bridgehead atoms. The van der Waals surface area contributed by atoms with Gasteiger partial charge in [0.25, 0.3) is 5.91 Å². The predicted molar refractivity (Wildman–Crippen MR) is 116 cm³/mol. The molecule has 1 fully saturated rings. The van der Waals surface area contributed by atoms with Gasteiger partial charge in [-0.15, -0.1) is 0 Å². The van der Waals surface area contributed by atoms with Crippen molar-refractivity contribution in [3.63, 3.8) is 0 Å². The van der Waals surface area contributed by atoms with Gasteiger partial charge in [0.05, 0.1) is 12.8 Å². The maximum absolute atomic E-state index is 12.4. The summed E-state index contributed by atoms with van der Waals surface area (Å²) in [5.41, 5.74) is 12.2. The third-order valence-corrected chi connectivity index (χ3v) is 4.84. The first-order valence-electron chi connectivity index (χ1n) is 10.2. The van der Waals surface area contributed by atoms with Gasteiger partial charge in [-0.05, 0) is 48.9 Å². The maximum Gasteiger partial charge on any atom is 0.258 e. The molecule has 154 valence electrons. The van der Waals surface area contributed by atoms with E-state index in [0.29, 0.717) is 18.9 Å². The highest BCUT2D eigenvalue weighted by atomic mass is 16.5. The minimum Gasteiger partial charge on any atom is -0.493 e. The summed E-state index contributed by atoms with van der Waals surface area (Å²) in [5, 5.41) is 4.09. The number of nitrogens with one attached hydrogen (secondary N) is 3. The maximum atomic E-state index is 12.4. The number of hydrogen-bond acceptors (Lipinski definition) is 5. The second-order valence-corrected chi connectivity index (χ2v) is 7.67. The molecule has 0 aromatic heterocycles. The Labute approximate surface area is 172 Å². The van der Waals surface area contributed by atoms with Gasteiger partial charge in [-0.1, -0.05) is 50.2 Å². The van der Waals surface area contributed by atoms with E-state index >= 15 is 0 Å². The van der Waals surface area contributed by atoms with Crippen LogP contribution in [0.25, 0.3) is 0 Å². The molecule has 0 aliphatic carbocycles. The van der Waals surface area contributed by atoms with E-state index in [1.54, 1.807) is 6.21 Å². The van der Waals surface area contributed by atoms with Crippen molar-refractivity contribution in [2.24, 2.45) is 11.0 Å². The quantitative estimate of drug-likeness (QED) is 0.474. The lowest BCUT2D eigenvalue weighted by molar-refractivity contribution is -0.122. The van der Waals surface area contributed by atoms with Crippen LogP contribution < -0.4 is 21.0 Å². The summed E-state index contributed by atoms with van der Waals surface area (Å²) in [7, 11) is 0. The van der Waals surface area contributed by atoms with E-state index in [-0.39, 0.29) is 18.0 Å². The zero-order chi connectivity index (χ0) is 20.6. The van der Waals surface area contributed by atoms with E-state index in [9.17, 15) is 4.79 Å². The SMILES string of the molecule is CCOc1ccccc1/C=N/NC(=O)C1CC(c2ccc(CC(C)C)cc2)NN1. The largest absolute Gasteiger partial charge is 0.493 e. The molecule has 0 radical (unpaired) electrons. The molecule has 1 aliphatic rings. The third kappa shape index (κ3) is 5.89. The summed E-state index contributed by atoms with van der Waals surface area (Å²) in [6, 6.07) is 16.0. The van der Waals surface area contributed by atoms with Crippen LogP contribution in [0.3, 0.4) is 0 Å². The Balaban J connectivity index is 1.53. The number of benzene rings is 2. The molecule has 0 spiro atoms. The van der Waals surface area contributed by atoms with Crippen LogP contribution in [0.1, 0.15) is 49.9 Å². The Morgan fingerprint density at radius 2 is 1.97 bits per heavy atom. The van der Waals surface area contributed by atoms with Gasteiger partial charge in [0.2, 0.25) is 0 Å². The van der Waals surface area contributed by atoms with Crippen LogP contribution in [0.15, 0.2) is 53.6 Å². The molecule has 1 heterocycles. The van der Waals surface area contributed by atoms with Crippen LogP contribution in [-0.2, 0) is 11.2 Å². The number of hydrazone groups is 1. The van der Waals surface area contributed by atoms with Crippen molar-refractivity contribution in [1.82, 2.24) is 16.3 Å². The van der Waals surface area contributed by atoms with Crippen molar-refractivity contribution >= 4 is 12.1 Å². The molecule has 1 saturated heterocycles. The fourth-order valence-electron chi connectivity index (χ4n) is 3.42. The first-order valence-corrected chi connectivity index (χ1v) is 10.2. The molecule has 0 saturated carbocycles. The summed E-state index contributed by atoms with van der Waals surface area (Å²) in [5.74, 6) is 1.22. The van der Waals surface area contributed by atoms with Crippen LogP contribution in [0, 0.1) is 5.92 Å². The Kier molecular flexibility index (Phi) is 7.38. The van der Waals surface area contributed by atoms with E-state index in [1.165, 1.54) is 11.1 Å². The number of rotatable bonds is 8. The molecule has 1 amide bonds. The van der Waals surface area contributed by atoms with E-state index in [1.807, 2.05) is 31.2 Å². The smallest absolute Gasteiger partial charge is 0.258 e. The lowest BCUT2D eigenvalue weighted by Crippen LogP contribution is -2.41. The predicted octanol–water partition coefficient (Wildman–Crippen LogP) is 3.34. The van der Waals surface area contributed by atoms with Crippen LogP contribution in [-0.4, -0.2) is 24.8 Å². The van der Waals surface area contributed by atoms with E-state index in [0.717, 1.165) is 17.7 Å². The highest BCUT2D eigenvalue weighted by Crippen LogP contribution is 2.23. The van der Waals surface area contributed by atoms with Gasteiger partial charge in [0.15, 0.2) is 0 Å². The van der Waals surface area contributed by atoms with Crippen molar-refractivity contribution in [3.05, 3.63) is 65.2 Å². The normalized spacial score (nSPS) is 19.0. The monoisotopic (exact) mass is 394 g/mol. The van der Waals surface area contributed by atoms with Gasteiger partial charge in [-0.25, -0.2) is 16.3 Å². The zero-order valence-corrected chi connectivity index (χ0v) is 17.3. The highest BCUT2D eigenvalue weighted by molar-refractivity contribution is 5.86. The van der Waals surface area contributed by atoms with Gasteiger partial charge in [-0.3, -0.25) is 4.79 Å². The molecule has 3 rings (SSSR count). The van der Waals surface area contributed by atoms with Crippen LogP contribution >= 0.6 is 0 Å². The molecule has 2 atom stereocenters. The Morgan fingerprint density at radius 3 is 2.69 bits per heavy atom. The first-order chi connectivity index (χ1) is 14.1. The second kappa shape index (κ2) is 10.2. The topological polar surface area (TPSA) is 74.8 Å². The molecule has 2 aromatic carbocycles. The Hall–Kier alpha value is -2.70. The van der Waals surface area contributed by atoms with Gasteiger partial charge < -0.3 is 4.74 Å². The molecule has 2 unspecified atom stereocenters. The lowest BCUT2D eigenvalue weighted by Gasteiger charge is -2.11. The first kappa shape index (κ1) is 21.0. The number of para-hydroxylation sites is 1. The number of hydrogen-bond donors (Lipinski definition) is 3. The minimum absolute atomic E-state index is 0.0986. The highest BCUT2D eigenvalue weighted by Gasteiger charge is 2.30. The van der Waals surface area contributed by atoms with Crippen molar-refractivity contribution in [3.8, 4) is 5.75 Å². The summed E-state index contributed by atoms with van der Waals surface area (Å²) in [4.78, 5) is 12.4.